The van der Waals surface area contributed by atoms with Gasteiger partial charge in [-0.15, -0.1) is 0 Å². The molecule has 0 spiro atoms. The number of aromatic hydroxyl groups is 1. The number of nitrogens with zero attached hydrogens (tertiary/aromatic N) is 2. The van der Waals surface area contributed by atoms with Gasteiger partial charge in [0.05, 0.1) is 35.4 Å². The Balaban J connectivity index is 1.41. The quantitative estimate of drug-likeness (QED) is 0.362. The average molecular weight is 507 g/mol. The molecule has 2 heterocycles. The number of hydrogen-bond donors (Lipinski definition) is 4. The number of alkyl halides is 3. The van der Waals surface area contributed by atoms with Crippen molar-refractivity contribution in [1.29, 1.82) is 0 Å². The number of anilines is 2. The van der Waals surface area contributed by atoms with Crippen LogP contribution in [0.2, 0.25) is 0 Å². The number of pyridine rings is 2. The predicted octanol–water partition coefficient (Wildman–Crippen LogP) is 3.80. The number of nitrogens with one attached hydrogen (secondary N) is 3. The molecule has 1 aromatic carbocycles. The van der Waals surface area contributed by atoms with Crippen molar-refractivity contribution in [2.75, 3.05) is 5.32 Å². The lowest BCUT2D eigenvalue weighted by atomic mass is 10.1. The maximum absolute atomic E-state index is 14.5. The van der Waals surface area contributed by atoms with Gasteiger partial charge in [0.2, 0.25) is 11.8 Å². The number of benzene rings is 1. The molecule has 36 heavy (non-hydrogen) atoms. The summed E-state index contributed by atoms with van der Waals surface area (Å²) in [6, 6.07) is 7.30. The fourth-order valence-corrected chi connectivity index (χ4v) is 3.39. The van der Waals surface area contributed by atoms with Crippen LogP contribution in [0, 0.1) is 11.6 Å². The van der Waals surface area contributed by atoms with Crippen molar-refractivity contribution in [3.8, 4) is 5.88 Å². The van der Waals surface area contributed by atoms with Gasteiger partial charge in [0.15, 0.2) is 0 Å². The molecule has 0 saturated heterocycles. The van der Waals surface area contributed by atoms with Crippen molar-refractivity contribution in [3.05, 3.63) is 77.2 Å². The van der Waals surface area contributed by atoms with Gasteiger partial charge in [0.1, 0.15) is 22.9 Å². The first-order chi connectivity index (χ1) is 17.0. The Morgan fingerprint density at radius 3 is 2.42 bits per heavy atom. The minimum atomic E-state index is -4.84. The molecule has 1 fully saturated rings. The molecule has 0 unspecified atom stereocenters. The SMILES string of the molecule is O=C(NC1(C(=O)NCc2ncc(Nc3c(F)cccc3C(F)(F)F)cc2F)CC1)c1cccc(O)n1. The van der Waals surface area contributed by atoms with E-state index >= 15 is 0 Å². The molecule has 0 bridgehead atoms. The van der Waals surface area contributed by atoms with Crippen molar-refractivity contribution in [3.63, 3.8) is 0 Å². The zero-order chi connectivity index (χ0) is 26.1. The van der Waals surface area contributed by atoms with Crippen LogP contribution in [-0.2, 0) is 17.5 Å². The Morgan fingerprint density at radius 2 is 1.78 bits per heavy atom. The highest BCUT2D eigenvalue weighted by atomic mass is 19.4. The molecule has 0 atom stereocenters. The smallest absolute Gasteiger partial charge is 0.418 e. The van der Waals surface area contributed by atoms with Crippen LogP contribution in [-0.4, -0.2) is 32.4 Å². The van der Waals surface area contributed by atoms with Crippen molar-refractivity contribution in [2.24, 2.45) is 0 Å². The molecule has 4 N–H and O–H groups in total. The van der Waals surface area contributed by atoms with Crippen molar-refractivity contribution in [2.45, 2.75) is 31.1 Å². The number of para-hydroxylation sites is 1. The fraction of sp³-hybridized carbons (Fsp3) is 0.217. The summed E-state index contributed by atoms with van der Waals surface area (Å²) in [6.07, 6.45) is -3.19. The summed E-state index contributed by atoms with van der Waals surface area (Å²) >= 11 is 0. The van der Waals surface area contributed by atoms with Crippen LogP contribution in [0.25, 0.3) is 0 Å². The van der Waals surface area contributed by atoms with Crippen LogP contribution in [0.15, 0.2) is 48.7 Å². The van der Waals surface area contributed by atoms with Gasteiger partial charge < -0.3 is 21.1 Å². The highest BCUT2D eigenvalue weighted by Crippen LogP contribution is 2.38. The van der Waals surface area contributed by atoms with Gasteiger partial charge >= 0.3 is 6.18 Å². The van der Waals surface area contributed by atoms with E-state index in [2.05, 4.69) is 25.9 Å². The van der Waals surface area contributed by atoms with E-state index in [1.54, 1.807) is 0 Å². The fourth-order valence-electron chi connectivity index (χ4n) is 3.39. The summed E-state index contributed by atoms with van der Waals surface area (Å²) in [5, 5.41) is 16.6. The molecule has 2 aromatic heterocycles. The second-order valence-corrected chi connectivity index (χ2v) is 8.04. The maximum atomic E-state index is 14.5. The summed E-state index contributed by atoms with van der Waals surface area (Å²) in [7, 11) is 0. The van der Waals surface area contributed by atoms with Gasteiger partial charge in [-0.1, -0.05) is 12.1 Å². The van der Waals surface area contributed by atoms with Crippen LogP contribution in [0.4, 0.5) is 33.3 Å². The molecular formula is C23H18F5N5O3. The summed E-state index contributed by atoms with van der Waals surface area (Å²) in [4.78, 5) is 32.4. The molecule has 4 rings (SSSR count). The molecular weight excluding hydrogens is 489 g/mol. The molecule has 3 aromatic rings. The van der Waals surface area contributed by atoms with Crippen molar-refractivity contribution >= 4 is 23.2 Å². The molecule has 1 aliphatic rings. The molecule has 188 valence electrons. The first-order valence-electron chi connectivity index (χ1n) is 10.5. The molecule has 0 aliphatic heterocycles. The third-order valence-electron chi connectivity index (χ3n) is 5.43. The highest BCUT2D eigenvalue weighted by Gasteiger charge is 2.51. The third-order valence-corrected chi connectivity index (χ3v) is 5.43. The summed E-state index contributed by atoms with van der Waals surface area (Å²) in [5.41, 5.74) is -3.91. The third kappa shape index (κ3) is 5.34. The average Bonchev–Trinajstić information content (AvgIpc) is 3.59. The zero-order valence-electron chi connectivity index (χ0n) is 18.3. The number of halogens is 5. The second-order valence-electron chi connectivity index (χ2n) is 8.04. The lowest BCUT2D eigenvalue weighted by Crippen LogP contribution is -2.49. The number of rotatable bonds is 7. The van der Waals surface area contributed by atoms with Crippen LogP contribution in [0.1, 0.15) is 34.6 Å². The van der Waals surface area contributed by atoms with Crippen LogP contribution in [0.3, 0.4) is 0 Å². The second kappa shape index (κ2) is 9.40. The molecule has 2 amide bonds. The van der Waals surface area contributed by atoms with Crippen LogP contribution in [0.5, 0.6) is 5.88 Å². The van der Waals surface area contributed by atoms with E-state index in [0.717, 1.165) is 24.4 Å². The maximum Gasteiger partial charge on any atom is 0.418 e. The molecule has 8 nitrogen and oxygen atoms in total. The van der Waals surface area contributed by atoms with Gasteiger partial charge in [0.25, 0.3) is 5.91 Å². The van der Waals surface area contributed by atoms with E-state index in [-0.39, 0.29) is 29.5 Å². The zero-order valence-corrected chi connectivity index (χ0v) is 18.3. The number of aromatic nitrogens is 2. The molecule has 13 heteroatoms. The van der Waals surface area contributed by atoms with E-state index in [1.165, 1.54) is 18.2 Å². The van der Waals surface area contributed by atoms with Crippen molar-refractivity contribution < 1.29 is 36.6 Å². The monoisotopic (exact) mass is 507 g/mol. The van der Waals surface area contributed by atoms with E-state index in [1.807, 2.05) is 0 Å². The van der Waals surface area contributed by atoms with Crippen LogP contribution >= 0.6 is 0 Å². The summed E-state index contributed by atoms with van der Waals surface area (Å²) in [5.74, 6) is -3.77. The van der Waals surface area contributed by atoms with Crippen LogP contribution < -0.4 is 16.0 Å². The molecule has 1 aliphatic carbocycles. The highest BCUT2D eigenvalue weighted by molar-refractivity contribution is 5.99. The van der Waals surface area contributed by atoms with Gasteiger partial charge in [-0.25, -0.2) is 13.8 Å². The first kappa shape index (κ1) is 24.8. The Labute approximate surface area is 200 Å². The minimum absolute atomic E-state index is 0.0894. The van der Waals surface area contributed by atoms with E-state index in [9.17, 15) is 36.6 Å². The Morgan fingerprint density at radius 1 is 1.06 bits per heavy atom. The normalized spacial score (nSPS) is 14.1. The summed E-state index contributed by atoms with van der Waals surface area (Å²) in [6.45, 7) is -0.375. The number of carbonyl (C=O) groups is 2. The molecule has 1 saturated carbocycles. The van der Waals surface area contributed by atoms with Gasteiger partial charge in [-0.2, -0.15) is 13.2 Å². The van der Waals surface area contributed by atoms with Gasteiger partial charge in [-0.3, -0.25) is 14.6 Å². The number of carbonyl (C=O) groups excluding carboxylic acids is 2. The first-order valence-corrected chi connectivity index (χ1v) is 10.5. The Hall–Kier alpha value is -4.29. The Kier molecular flexibility index (Phi) is 6.48. The minimum Gasteiger partial charge on any atom is -0.493 e. The van der Waals surface area contributed by atoms with E-state index < -0.39 is 46.4 Å². The topological polar surface area (TPSA) is 116 Å². The van der Waals surface area contributed by atoms with Gasteiger partial charge in [0, 0.05) is 12.1 Å². The standard InChI is InChI=1S/C23H18F5N5O3/c24-14-4-1-3-13(23(26,27)28)19(14)31-12-9-15(25)17(29-10-12)11-30-21(36)22(7-8-22)33-20(35)16-5-2-6-18(34)32-16/h1-6,9-10,31H,7-8,11H2,(H,30,36)(H,32,34)(H,33,35). The lowest BCUT2D eigenvalue weighted by molar-refractivity contribution is -0.137. The number of amides is 2. The predicted molar refractivity (Wildman–Crippen MR) is 116 cm³/mol. The number of hydrogen-bond acceptors (Lipinski definition) is 6. The largest absolute Gasteiger partial charge is 0.493 e. The van der Waals surface area contributed by atoms with Gasteiger partial charge in [-0.05, 0) is 31.0 Å². The summed E-state index contributed by atoms with van der Waals surface area (Å²) < 4.78 is 68.1. The molecule has 0 radical (unpaired) electrons. The lowest BCUT2D eigenvalue weighted by Gasteiger charge is -2.17. The Bertz CT molecular complexity index is 1330. The van der Waals surface area contributed by atoms with E-state index in [0.29, 0.717) is 18.9 Å². The van der Waals surface area contributed by atoms with Crippen molar-refractivity contribution in [1.82, 2.24) is 20.6 Å². The van der Waals surface area contributed by atoms with E-state index in [4.69, 9.17) is 0 Å².